The second kappa shape index (κ2) is 10.2. The van der Waals surface area contributed by atoms with Crippen LogP contribution in [0, 0.1) is 0 Å². The summed E-state index contributed by atoms with van der Waals surface area (Å²) in [4.78, 5) is 0. The maximum absolute atomic E-state index is 9.45. The minimum Gasteiger partial charge on any atom is -0.726 e. The molecule has 31 heavy (non-hydrogen) atoms. The van der Waals surface area contributed by atoms with Gasteiger partial charge < -0.3 is 14.3 Å². The Labute approximate surface area is 181 Å². The second-order valence-corrected chi connectivity index (χ2v) is 7.53. The smallest absolute Gasteiger partial charge is 0.375 e. The van der Waals surface area contributed by atoms with Crippen LogP contribution in [0.1, 0.15) is 19.7 Å². The van der Waals surface area contributed by atoms with E-state index in [0.29, 0.717) is 0 Å². The maximum Gasteiger partial charge on any atom is 0.375 e. The van der Waals surface area contributed by atoms with Crippen molar-refractivity contribution in [2.45, 2.75) is 20.4 Å². The summed E-state index contributed by atoms with van der Waals surface area (Å²) >= 11 is 0. The minimum absolute atomic E-state index is 0.0914. The van der Waals surface area contributed by atoms with E-state index in [-0.39, 0.29) is 6.61 Å². The second-order valence-electron chi connectivity index (χ2n) is 6.48. The molecule has 0 fully saturated rings. The number of hydrogen-bond donors (Lipinski definition) is 1. The first-order chi connectivity index (χ1) is 14.9. The van der Waals surface area contributed by atoms with Gasteiger partial charge in [-0.05, 0) is 37.4 Å². The van der Waals surface area contributed by atoms with Gasteiger partial charge in [-0.15, -0.1) is 0 Å². The first kappa shape index (κ1) is 22.5. The largest absolute Gasteiger partial charge is 0.726 e. The highest BCUT2D eigenvalue weighted by Crippen LogP contribution is 2.25. The molecule has 0 spiro atoms. The predicted octanol–water partition coefficient (Wildman–Crippen LogP) is 4.46. The first-order valence-corrected chi connectivity index (χ1v) is 11.2. The average Bonchev–Trinajstić information content (AvgIpc) is 3.12. The number of hydrogen-bond acceptors (Lipinski definition) is 6. The number of benzene rings is 3. The van der Waals surface area contributed by atoms with E-state index in [1.54, 1.807) is 0 Å². The Balaban J connectivity index is 0.000000339. The third kappa shape index (κ3) is 5.91. The Kier molecular flexibility index (Phi) is 7.41. The Hall–Kier alpha value is -3.20. The standard InChI is InChI=1S/C21H18N2O.C2H6O4S/c1-2-23-19-13-12-16-8-6-7-11-18(16)21(19)24-20(23)14-15-22-17-9-4-3-5-10-17;1-2-6-7(3,4)5/h3-15H,2H2,1H3;2H2,1H3,(H,3,4,5). The van der Waals surface area contributed by atoms with Crippen molar-refractivity contribution >= 4 is 44.0 Å². The molecule has 4 aromatic rings. The van der Waals surface area contributed by atoms with Gasteiger partial charge in [0, 0.05) is 23.3 Å². The number of aromatic nitrogens is 1. The van der Waals surface area contributed by atoms with Crippen LogP contribution in [0.5, 0.6) is 0 Å². The van der Waals surface area contributed by atoms with Crippen LogP contribution in [0.4, 0.5) is 5.69 Å². The van der Waals surface area contributed by atoms with Gasteiger partial charge >= 0.3 is 5.89 Å². The van der Waals surface area contributed by atoms with Crippen molar-refractivity contribution in [1.82, 2.24) is 0 Å². The van der Waals surface area contributed by atoms with E-state index in [9.17, 15) is 13.0 Å². The van der Waals surface area contributed by atoms with Crippen molar-refractivity contribution in [1.29, 1.82) is 0 Å². The molecule has 0 unspecified atom stereocenters. The number of nitrogens with one attached hydrogen (secondary N) is 1. The lowest BCUT2D eigenvalue weighted by molar-refractivity contribution is -0.674. The van der Waals surface area contributed by atoms with Crippen LogP contribution in [-0.4, -0.2) is 19.6 Å². The van der Waals surface area contributed by atoms with E-state index >= 15 is 0 Å². The number of rotatable bonds is 6. The van der Waals surface area contributed by atoms with Crippen molar-refractivity contribution in [2.24, 2.45) is 0 Å². The maximum atomic E-state index is 9.45. The molecule has 0 saturated heterocycles. The third-order valence-electron chi connectivity index (χ3n) is 4.45. The summed E-state index contributed by atoms with van der Waals surface area (Å²) in [5.41, 5.74) is 3.11. The zero-order valence-electron chi connectivity index (χ0n) is 17.3. The normalized spacial score (nSPS) is 11.6. The fraction of sp³-hybridized carbons (Fsp3) is 0.174. The zero-order valence-corrected chi connectivity index (χ0v) is 18.1. The van der Waals surface area contributed by atoms with Crippen LogP contribution in [-0.2, 0) is 21.1 Å². The number of fused-ring (bicyclic) bond motifs is 3. The SMILES string of the molecule is CCOS(=O)(=O)[O-].CC[n+]1c(/C=C/Nc2ccccc2)oc2c3ccccc3ccc21. The summed E-state index contributed by atoms with van der Waals surface area (Å²) in [5, 5.41) is 5.61. The molecule has 3 aromatic carbocycles. The number of aryl methyl sites for hydroxylation is 1. The molecule has 1 heterocycles. The lowest BCUT2D eigenvalue weighted by Gasteiger charge is -2.02. The Bertz CT molecular complexity index is 1280. The van der Waals surface area contributed by atoms with E-state index in [1.165, 1.54) is 12.3 Å². The summed E-state index contributed by atoms with van der Waals surface area (Å²) in [6.45, 7) is 4.32. The van der Waals surface area contributed by atoms with Crippen LogP contribution in [0.25, 0.3) is 27.9 Å². The molecule has 0 aliphatic rings. The molecule has 162 valence electrons. The Morgan fingerprint density at radius 3 is 2.39 bits per heavy atom. The summed E-state index contributed by atoms with van der Waals surface area (Å²) < 4.78 is 40.4. The highest BCUT2D eigenvalue weighted by molar-refractivity contribution is 7.80. The monoisotopic (exact) mass is 440 g/mol. The molecule has 0 saturated carbocycles. The van der Waals surface area contributed by atoms with Crippen molar-refractivity contribution < 1.29 is 26.1 Å². The van der Waals surface area contributed by atoms with Crippen LogP contribution in [0.2, 0.25) is 0 Å². The van der Waals surface area contributed by atoms with Gasteiger partial charge in [-0.3, -0.25) is 4.18 Å². The molecule has 1 aromatic heterocycles. The lowest BCUT2D eigenvalue weighted by Crippen LogP contribution is -2.33. The number of para-hydroxylation sites is 1. The molecular formula is C23H24N2O5S. The van der Waals surface area contributed by atoms with Gasteiger partial charge in [0.15, 0.2) is 0 Å². The minimum atomic E-state index is -4.42. The topological polar surface area (TPSA) is 95.5 Å². The van der Waals surface area contributed by atoms with Gasteiger partial charge in [0.1, 0.15) is 6.54 Å². The van der Waals surface area contributed by atoms with Crippen LogP contribution < -0.4 is 9.88 Å². The summed E-state index contributed by atoms with van der Waals surface area (Å²) in [6.07, 6.45) is 3.90. The summed E-state index contributed by atoms with van der Waals surface area (Å²) in [7, 11) is -4.42. The summed E-state index contributed by atoms with van der Waals surface area (Å²) in [6, 6.07) is 22.7. The molecule has 7 nitrogen and oxygen atoms in total. The third-order valence-corrected chi connectivity index (χ3v) is 4.97. The van der Waals surface area contributed by atoms with E-state index in [4.69, 9.17) is 4.42 Å². The average molecular weight is 441 g/mol. The zero-order chi connectivity index (χ0) is 22.3. The Morgan fingerprint density at radius 1 is 1.03 bits per heavy atom. The van der Waals surface area contributed by atoms with Crippen molar-refractivity contribution in [3.63, 3.8) is 0 Å². The van der Waals surface area contributed by atoms with Crippen molar-refractivity contribution in [2.75, 3.05) is 11.9 Å². The fourth-order valence-electron chi connectivity index (χ4n) is 3.17. The highest BCUT2D eigenvalue weighted by atomic mass is 32.3. The van der Waals surface area contributed by atoms with Crippen LogP contribution in [0.15, 0.2) is 77.3 Å². The highest BCUT2D eigenvalue weighted by Gasteiger charge is 2.20. The molecule has 0 aliphatic carbocycles. The van der Waals surface area contributed by atoms with Crippen LogP contribution in [0.3, 0.4) is 0 Å². The van der Waals surface area contributed by atoms with Gasteiger partial charge in [-0.2, -0.15) is 4.57 Å². The fourth-order valence-corrected chi connectivity index (χ4v) is 3.46. The quantitative estimate of drug-likeness (QED) is 0.270. The van der Waals surface area contributed by atoms with Gasteiger partial charge in [-0.25, -0.2) is 8.42 Å². The number of nitrogens with zero attached hydrogens (tertiary/aromatic N) is 1. The van der Waals surface area contributed by atoms with Gasteiger partial charge in [0.25, 0.3) is 5.52 Å². The molecule has 0 atom stereocenters. The molecule has 0 amide bonds. The number of anilines is 1. The van der Waals surface area contributed by atoms with E-state index in [2.05, 4.69) is 51.3 Å². The molecule has 0 bridgehead atoms. The van der Waals surface area contributed by atoms with Crippen molar-refractivity contribution in [3.8, 4) is 0 Å². The number of oxazole rings is 1. The molecular weight excluding hydrogens is 416 g/mol. The Morgan fingerprint density at radius 2 is 1.74 bits per heavy atom. The van der Waals surface area contributed by atoms with Gasteiger partial charge in [0.2, 0.25) is 16.0 Å². The van der Waals surface area contributed by atoms with Gasteiger partial charge in [0.05, 0.1) is 12.7 Å². The first-order valence-electron chi connectivity index (χ1n) is 9.85. The lowest BCUT2D eigenvalue weighted by atomic mass is 10.1. The molecule has 4 rings (SSSR count). The van der Waals surface area contributed by atoms with E-state index in [0.717, 1.165) is 34.6 Å². The summed E-state index contributed by atoms with van der Waals surface area (Å²) in [5.74, 6) is 0.840. The van der Waals surface area contributed by atoms with Crippen molar-refractivity contribution in [3.05, 3.63) is 78.8 Å². The molecule has 0 aliphatic heterocycles. The van der Waals surface area contributed by atoms with E-state index in [1.807, 2.05) is 48.7 Å². The molecule has 1 N–H and O–H groups in total. The van der Waals surface area contributed by atoms with E-state index < -0.39 is 10.4 Å². The molecule has 8 heteroatoms. The van der Waals surface area contributed by atoms with Crippen LogP contribution >= 0.6 is 0 Å². The van der Waals surface area contributed by atoms with Gasteiger partial charge in [-0.1, -0.05) is 42.5 Å². The molecule has 0 radical (unpaired) electrons. The predicted molar refractivity (Wildman–Crippen MR) is 120 cm³/mol.